The summed E-state index contributed by atoms with van der Waals surface area (Å²) in [5, 5.41) is 13.9. The van der Waals surface area contributed by atoms with E-state index >= 15 is 0 Å². The van der Waals surface area contributed by atoms with E-state index in [2.05, 4.69) is 95.0 Å². The van der Waals surface area contributed by atoms with Crippen molar-refractivity contribution in [2.75, 3.05) is 18.0 Å². The Bertz CT molecular complexity index is 1570. The molecule has 0 amide bonds. The molecule has 0 unspecified atom stereocenters. The van der Waals surface area contributed by atoms with Gasteiger partial charge in [-0.2, -0.15) is 5.10 Å². The molecule has 0 spiro atoms. The highest BCUT2D eigenvalue weighted by atomic mass is 15.1. The number of aromatic amines is 2. The van der Waals surface area contributed by atoms with Gasteiger partial charge in [0.25, 0.3) is 0 Å². The molecule has 0 radical (unpaired) electrons. The lowest BCUT2D eigenvalue weighted by atomic mass is 10.0. The normalized spacial score (nSPS) is 17.3. The van der Waals surface area contributed by atoms with Crippen molar-refractivity contribution in [2.45, 2.75) is 51.9 Å². The van der Waals surface area contributed by atoms with Gasteiger partial charge in [-0.3, -0.25) is 5.10 Å². The Kier molecular flexibility index (Phi) is 7.14. The van der Waals surface area contributed by atoms with Gasteiger partial charge in [0.15, 0.2) is 0 Å². The van der Waals surface area contributed by atoms with E-state index in [4.69, 9.17) is 5.10 Å². The van der Waals surface area contributed by atoms with Gasteiger partial charge in [0, 0.05) is 46.5 Å². The summed E-state index contributed by atoms with van der Waals surface area (Å²) in [7, 11) is 0. The van der Waals surface area contributed by atoms with Crippen molar-refractivity contribution in [3.63, 3.8) is 0 Å². The molecule has 6 rings (SSSR count). The van der Waals surface area contributed by atoms with Crippen molar-refractivity contribution in [1.29, 1.82) is 0 Å². The Morgan fingerprint density at radius 1 is 1.00 bits per heavy atom. The number of H-pyrrole nitrogens is 2. The molecule has 1 saturated carbocycles. The first-order valence-electron chi connectivity index (χ1n) is 14.5. The third-order valence-electron chi connectivity index (χ3n) is 8.48. The minimum Gasteiger partial charge on any atom is -0.371 e. The SMILES string of the molecule is C=C/C(=C\C(=C/C)c1ccc2[nH]nc(-c3cc4c(N5CCCCC5)cccc4[nH]3)c2c1)NC(=C)C1CCCC1. The molecule has 0 bridgehead atoms. The molecular weight excluding hydrogens is 478 g/mol. The lowest BCUT2D eigenvalue weighted by Gasteiger charge is -2.29. The van der Waals surface area contributed by atoms with E-state index in [1.54, 1.807) is 0 Å². The Morgan fingerprint density at radius 3 is 2.59 bits per heavy atom. The molecule has 4 aromatic rings. The number of nitrogens with zero attached hydrogens (tertiary/aromatic N) is 2. The topological polar surface area (TPSA) is 59.7 Å². The van der Waals surface area contributed by atoms with Gasteiger partial charge in [-0.15, -0.1) is 0 Å². The molecule has 2 aliphatic rings. The van der Waals surface area contributed by atoms with Crippen LogP contribution >= 0.6 is 0 Å². The zero-order valence-electron chi connectivity index (χ0n) is 23.0. The third kappa shape index (κ3) is 5.06. The molecule has 3 N–H and O–H groups in total. The number of fused-ring (bicyclic) bond motifs is 2. The van der Waals surface area contributed by atoms with Crippen molar-refractivity contribution in [2.24, 2.45) is 5.92 Å². The fraction of sp³-hybridized carbons (Fsp3) is 0.324. The maximum atomic E-state index is 4.75. The van der Waals surface area contributed by atoms with Crippen molar-refractivity contribution >= 4 is 33.1 Å². The number of hydrogen-bond donors (Lipinski definition) is 3. The van der Waals surface area contributed by atoms with Crippen LogP contribution in [0.4, 0.5) is 5.69 Å². The maximum Gasteiger partial charge on any atom is 0.116 e. The third-order valence-corrected chi connectivity index (χ3v) is 8.48. The smallest absolute Gasteiger partial charge is 0.116 e. The average Bonchev–Trinajstić information content (AvgIpc) is 3.74. The van der Waals surface area contributed by atoms with Gasteiger partial charge < -0.3 is 15.2 Å². The molecule has 1 aliphatic heterocycles. The number of allylic oxidation sites excluding steroid dienone is 5. The highest BCUT2D eigenvalue weighted by Crippen LogP contribution is 2.35. The molecule has 1 aliphatic carbocycles. The molecule has 2 fully saturated rings. The Hall–Kier alpha value is -3.99. The lowest BCUT2D eigenvalue weighted by Crippen LogP contribution is -2.29. The van der Waals surface area contributed by atoms with Gasteiger partial charge >= 0.3 is 0 Å². The van der Waals surface area contributed by atoms with Crippen LogP contribution in [0.5, 0.6) is 0 Å². The summed E-state index contributed by atoms with van der Waals surface area (Å²) in [5.74, 6) is 0.555. The van der Waals surface area contributed by atoms with Crippen LogP contribution in [0.3, 0.4) is 0 Å². The summed E-state index contributed by atoms with van der Waals surface area (Å²) in [4.78, 5) is 6.18. The molecule has 2 aromatic heterocycles. The highest BCUT2D eigenvalue weighted by Gasteiger charge is 2.19. The van der Waals surface area contributed by atoms with E-state index in [1.165, 1.54) is 56.0 Å². The van der Waals surface area contributed by atoms with Crippen molar-refractivity contribution in [3.8, 4) is 11.4 Å². The predicted molar refractivity (Wildman–Crippen MR) is 166 cm³/mol. The number of aromatic nitrogens is 3. The molecule has 39 heavy (non-hydrogen) atoms. The second-order valence-electron chi connectivity index (χ2n) is 11.0. The molecule has 1 saturated heterocycles. The van der Waals surface area contributed by atoms with Crippen LogP contribution in [-0.4, -0.2) is 28.3 Å². The van der Waals surface area contributed by atoms with E-state index in [-0.39, 0.29) is 0 Å². The number of piperidine rings is 1. The summed E-state index contributed by atoms with van der Waals surface area (Å²) in [6.07, 6.45) is 15.1. The monoisotopic (exact) mass is 517 g/mol. The average molecular weight is 518 g/mol. The van der Waals surface area contributed by atoms with Gasteiger partial charge in [0.05, 0.1) is 11.2 Å². The lowest BCUT2D eigenvalue weighted by molar-refractivity contribution is 0.579. The van der Waals surface area contributed by atoms with Crippen LogP contribution in [0.2, 0.25) is 0 Å². The first-order chi connectivity index (χ1) is 19.1. The van der Waals surface area contributed by atoms with E-state index in [9.17, 15) is 0 Å². The van der Waals surface area contributed by atoms with Crippen molar-refractivity contribution in [3.05, 3.63) is 90.8 Å². The Balaban J connectivity index is 1.32. The van der Waals surface area contributed by atoms with E-state index in [0.29, 0.717) is 5.92 Å². The quantitative estimate of drug-likeness (QED) is 0.205. The second kappa shape index (κ2) is 11.0. The van der Waals surface area contributed by atoms with Crippen LogP contribution in [-0.2, 0) is 0 Å². The Morgan fingerprint density at radius 2 is 1.82 bits per heavy atom. The van der Waals surface area contributed by atoms with Gasteiger partial charge in [-0.25, -0.2) is 0 Å². The first-order valence-corrected chi connectivity index (χ1v) is 14.5. The van der Waals surface area contributed by atoms with Crippen molar-refractivity contribution < 1.29 is 0 Å². The standard InChI is InChI=1S/C34H39N5/c1-4-24(20-27(5-2)35-23(3)25-12-7-8-13-25)26-16-17-31-29(21-26)34(38-37-31)32-22-28-30(36-32)14-11-15-33(28)39-18-9-6-10-19-39/h4-5,11,14-17,20-22,25,35-36H,2-3,6-10,12-13,18-19H2,1H3,(H,37,38)/b24-4+,27-20+. The number of hydrogen-bond acceptors (Lipinski definition) is 3. The summed E-state index contributed by atoms with van der Waals surface area (Å²) < 4.78 is 0. The Labute approximate surface area is 231 Å². The van der Waals surface area contributed by atoms with Crippen LogP contribution < -0.4 is 10.2 Å². The molecule has 0 atom stereocenters. The van der Waals surface area contributed by atoms with Crippen LogP contribution in [0.15, 0.2) is 85.2 Å². The molecule has 2 aromatic carbocycles. The van der Waals surface area contributed by atoms with Crippen LogP contribution in [0.25, 0.3) is 38.8 Å². The zero-order valence-corrected chi connectivity index (χ0v) is 23.0. The largest absolute Gasteiger partial charge is 0.371 e. The zero-order chi connectivity index (χ0) is 26.8. The van der Waals surface area contributed by atoms with E-state index in [0.717, 1.165) is 63.4 Å². The van der Waals surface area contributed by atoms with Crippen molar-refractivity contribution in [1.82, 2.24) is 20.5 Å². The number of benzene rings is 2. The fourth-order valence-corrected chi connectivity index (χ4v) is 6.28. The maximum absolute atomic E-state index is 4.75. The minimum atomic E-state index is 0.555. The number of nitrogens with one attached hydrogen (secondary N) is 3. The molecule has 3 heterocycles. The molecule has 200 valence electrons. The van der Waals surface area contributed by atoms with E-state index in [1.807, 2.05) is 6.08 Å². The summed E-state index contributed by atoms with van der Waals surface area (Å²) in [6, 6.07) is 15.4. The summed E-state index contributed by atoms with van der Waals surface area (Å²) in [5.41, 5.74) is 9.85. The van der Waals surface area contributed by atoms with Crippen LogP contribution in [0.1, 0.15) is 57.4 Å². The fourth-order valence-electron chi connectivity index (χ4n) is 6.28. The predicted octanol–water partition coefficient (Wildman–Crippen LogP) is 8.47. The second-order valence-corrected chi connectivity index (χ2v) is 11.0. The van der Waals surface area contributed by atoms with Gasteiger partial charge in [-0.05, 0) is 98.6 Å². The van der Waals surface area contributed by atoms with Crippen LogP contribution in [0, 0.1) is 5.92 Å². The summed E-state index contributed by atoms with van der Waals surface area (Å²) in [6.45, 7) is 12.7. The highest BCUT2D eigenvalue weighted by molar-refractivity contribution is 6.00. The number of anilines is 1. The first kappa shape index (κ1) is 25.3. The van der Waals surface area contributed by atoms with Gasteiger partial charge in [0.2, 0.25) is 0 Å². The van der Waals surface area contributed by atoms with E-state index < -0.39 is 0 Å². The molecule has 5 nitrogen and oxygen atoms in total. The number of rotatable bonds is 8. The molecule has 5 heteroatoms. The molecular formula is C34H39N5. The minimum absolute atomic E-state index is 0.555. The summed E-state index contributed by atoms with van der Waals surface area (Å²) >= 11 is 0. The van der Waals surface area contributed by atoms with Gasteiger partial charge in [-0.1, -0.05) is 44.2 Å². The van der Waals surface area contributed by atoms with Gasteiger partial charge in [0.1, 0.15) is 5.69 Å².